The number of amides is 1. The Morgan fingerprint density at radius 2 is 1.95 bits per heavy atom. The number of hydrogen-bond donors (Lipinski definition) is 2. The first kappa shape index (κ1) is 11.8. The fraction of sp³-hybridized carbons (Fsp3) is 0.188. The van der Waals surface area contributed by atoms with Gasteiger partial charge in [0.1, 0.15) is 0 Å². The molecule has 0 radical (unpaired) electrons. The minimum Gasteiger partial charge on any atom is -0.356 e. The van der Waals surface area contributed by atoms with Crippen molar-refractivity contribution in [3.05, 3.63) is 59.2 Å². The molecular formula is C16H16N2O. The number of carbonyl (C=O) groups is 1. The molecule has 1 amide bonds. The van der Waals surface area contributed by atoms with E-state index in [9.17, 15) is 4.79 Å². The van der Waals surface area contributed by atoms with E-state index in [1.165, 1.54) is 5.56 Å². The summed E-state index contributed by atoms with van der Waals surface area (Å²) in [7, 11) is 0. The first-order valence-corrected chi connectivity index (χ1v) is 6.47. The number of aryl methyl sites for hydroxylation is 1. The summed E-state index contributed by atoms with van der Waals surface area (Å²) in [5.74, 6) is 0.0309. The Bertz CT molecular complexity index is 634. The first-order chi connectivity index (χ1) is 9.22. The normalized spacial score (nSPS) is 13.6. The zero-order chi connectivity index (χ0) is 13.2. The van der Waals surface area contributed by atoms with Crippen LogP contribution in [0.3, 0.4) is 0 Å². The van der Waals surface area contributed by atoms with Gasteiger partial charge in [-0.05, 0) is 54.8 Å². The van der Waals surface area contributed by atoms with Crippen molar-refractivity contribution >= 4 is 17.3 Å². The summed E-state index contributed by atoms with van der Waals surface area (Å²) in [6.07, 6.45) is 0.893. The van der Waals surface area contributed by atoms with Crippen molar-refractivity contribution in [2.75, 3.05) is 11.9 Å². The highest BCUT2D eigenvalue weighted by Crippen LogP contribution is 2.22. The predicted octanol–water partition coefficient (Wildman–Crippen LogP) is 3.02. The van der Waals surface area contributed by atoms with Crippen molar-refractivity contribution in [2.45, 2.75) is 13.3 Å². The summed E-state index contributed by atoms with van der Waals surface area (Å²) in [4.78, 5) is 11.7. The van der Waals surface area contributed by atoms with Gasteiger partial charge in [0, 0.05) is 23.5 Å². The van der Waals surface area contributed by atoms with Crippen LogP contribution in [0, 0.1) is 6.92 Å². The fourth-order valence-corrected chi connectivity index (χ4v) is 2.40. The molecule has 0 bridgehead atoms. The molecule has 0 aromatic heterocycles. The third-order valence-corrected chi connectivity index (χ3v) is 3.34. The molecule has 1 heterocycles. The second kappa shape index (κ2) is 4.76. The van der Waals surface area contributed by atoms with Crippen molar-refractivity contribution in [3.63, 3.8) is 0 Å². The van der Waals surface area contributed by atoms with Gasteiger partial charge in [-0.25, -0.2) is 0 Å². The minimum atomic E-state index is 0.0309. The molecule has 2 N–H and O–H groups in total. The van der Waals surface area contributed by atoms with E-state index in [0.29, 0.717) is 0 Å². The average Bonchev–Trinajstić information content (AvgIpc) is 2.39. The van der Waals surface area contributed by atoms with Crippen LogP contribution in [0.1, 0.15) is 21.5 Å². The fourth-order valence-electron chi connectivity index (χ4n) is 2.40. The Morgan fingerprint density at radius 1 is 1.11 bits per heavy atom. The summed E-state index contributed by atoms with van der Waals surface area (Å²) in [6, 6.07) is 14.2. The van der Waals surface area contributed by atoms with E-state index in [0.717, 1.165) is 35.5 Å². The third-order valence-electron chi connectivity index (χ3n) is 3.34. The molecule has 0 saturated heterocycles. The number of carbonyl (C=O) groups excluding carboxylic acids is 1. The molecule has 0 unspecified atom stereocenters. The summed E-state index contributed by atoms with van der Waals surface area (Å²) < 4.78 is 0. The van der Waals surface area contributed by atoms with Gasteiger partial charge in [0.25, 0.3) is 5.91 Å². The smallest absolute Gasteiger partial charge is 0.251 e. The van der Waals surface area contributed by atoms with Gasteiger partial charge in [-0.2, -0.15) is 0 Å². The molecular weight excluding hydrogens is 236 g/mol. The van der Waals surface area contributed by atoms with Gasteiger partial charge in [0.15, 0.2) is 0 Å². The second-order valence-electron chi connectivity index (χ2n) is 4.87. The van der Waals surface area contributed by atoms with Gasteiger partial charge in [-0.15, -0.1) is 0 Å². The van der Waals surface area contributed by atoms with Crippen molar-refractivity contribution < 1.29 is 4.79 Å². The maximum Gasteiger partial charge on any atom is 0.251 e. The van der Waals surface area contributed by atoms with E-state index >= 15 is 0 Å². The SMILES string of the molecule is Cc1cccc(Nc2ccc3c(c2)CCNC3=O)c1. The van der Waals surface area contributed by atoms with Crippen molar-refractivity contribution in [2.24, 2.45) is 0 Å². The molecule has 3 rings (SSSR count). The van der Waals surface area contributed by atoms with Gasteiger partial charge in [-0.1, -0.05) is 12.1 Å². The quantitative estimate of drug-likeness (QED) is 0.862. The summed E-state index contributed by atoms with van der Waals surface area (Å²) in [6.45, 7) is 2.79. The van der Waals surface area contributed by atoms with E-state index in [-0.39, 0.29) is 5.91 Å². The zero-order valence-electron chi connectivity index (χ0n) is 10.9. The van der Waals surface area contributed by atoms with Gasteiger partial charge < -0.3 is 10.6 Å². The molecule has 2 aromatic carbocycles. The number of nitrogens with one attached hydrogen (secondary N) is 2. The van der Waals surface area contributed by atoms with Crippen LogP contribution in [-0.4, -0.2) is 12.5 Å². The van der Waals surface area contributed by atoms with E-state index in [4.69, 9.17) is 0 Å². The van der Waals surface area contributed by atoms with Crippen molar-refractivity contribution in [1.29, 1.82) is 0 Å². The number of anilines is 2. The molecule has 19 heavy (non-hydrogen) atoms. The van der Waals surface area contributed by atoms with Crippen LogP contribution in [-0.2, 0) is 6.42 Å². The maximum atomic E-state index is 11.7. The van der Waals surface area contributed by atoms with Crippen LogP contribution < -0.4 is 10.6 Å². The Labute approximate surface area is 112 Å². The minimum absolute atomic E-state index is 0.0309. The topological polar surface area (TPSA) is 41.1 Å². The highest BCUT2D eigenvalue weighted by molar-refractivity contribution is 5.97. The molecule has 1 aliphatic rings. The van der Waals surface area contributed by atoms with Crippen LogP contribution in [0.25, 0.3) is 0 Å². The lowest BCUT2D eigenvalue weighted by atomic mass is 9.99. The number of benzene rings is 2. The highest BCUT2D eigenvalue weighted by atomic mass is 16.1. The van der Waals surface area contributed by atoms with Crippen LogP contribution in [0.4, 0.5) is 11.4 Å². The number of rotatable bonds is 2. The van der Waals surface area contributed by atoms with Gasteiger partial charge in [0.2, 0.25) is 0 Å². The molecule has 0 fully saturated rings. The zero-order valence-corrected chi connectivity index (χ0v) is 10.9. The Hall–Kier alpha value is -2.29. The van der Waals surface area contributed by atoms with E-state index in [2.05, 4.69) is 35.8 Å². The second-order valence-corrected chi connectivity index (χ2v) is 4.87. The lowest BCUT2D eigenvalue weighted by Crippen LogP contribution is -2.31. The van der Waals surface area contributed by atoms with Crippen LogP contribution in [0.5, 0.6) is 0 Å². The Kier molecular flexibility index (Phi) is 2.95. The first-order valence-electron chi connectivity index (χ1n) is 6.47. The predicted molar refractivity (Wildman–Crippen MR) is 76.9 cm³/mol. The Balaban J connectivity index is 1.88. The van der Waals surface area contributed by atoms with Gasteiger partial charge in [-0.3, -0.25) is 4.79 Å². The standard InChI is InChI=1S/C16H16N2O/c1-11-3-2-4-13(9-11)18-14-5-6-15-12(10-14)7-8-17-16(15)19/h2-6,9-10,18H,7-8H2,1H3,(H,17,19). The van der Waals surface area contributed by atoms with Crippen molar-refractivity contribution in [3.8, 4) is 0 Å². The van der Waals surface area contributed by atoms with E-state index in [1.807, 2.05) is 24.3 Å². The molecule has 3 nitrogen and oxygen atoms in total. The molecule has 3 heteroatoms. The molecule has 0 aliphatic carbocycles. The number of hydrogen-bond acceptors (Lipinski definition) is 2. The van der Waals surface area contributed by atoms with E-state index < -0.39 is 0 Å². The molecule has 96 valence electrons. The van der Waals surface area contributed by atoms with Gasteiger partial charge >= 0.3 is 0 Å². The summed E-state index contributed by atoms with van der Waals surface area (Å²) in [5, 5.41) is 6.23. The lowest BCUT2D eigenvalue weighted by molar-refractivity contribution is 0.0946. The third kappa shape index (κ3) is 2.45. The Morgan fingerprint density at radius 3 is 2.79 bits per heavy atom. The summed E-state index contributed by atoms with van der Waals surface area (Å²) in [5.41, 5.74) is 5.23. The van der Waals surface area contributed by atoms with Crippen LogP contribution in [0.15, 0.2) is 42.5 Å². The number of fused-ring (bicyclic) bond motifs is 1. The van der Waals surface area contributed by atoms with Crippen molar-refractivity contribution in [1.82, 2.24) is 5.32 Å². The van der Waals surface area contributed by atoms with Crippen LogP contribution in [0.2, 0.25) is 0 Å². The van der Waals surface area contributed by atoms with Gasteiger partial charge in [0.05, 0.1) is 0 Å². The largest absolute Gasteiger partial charge is 0.356 e. The molecule has 0 spiro atoms. The molecule has 0 atom stereocenters. The maximum absolute atomic E-state index is 11.7. The summed E-state index contributed by atoms with van der Waals surface area (Å²) >= 11 is 0. The molecule has 2 aromatic rings. The molecule has 1 aliphatic heterocycles. The molecule has 0 saturated carbocycles. The highest BCUT2D eigenvalue weighted by Gasteiger charge is 2.16. The lowest BCUT2D eigenvalue weighted by Gasteiger charge is -2.17. The van der Waals surface area contributed by atoms with E-state index in [1.54, 1.807) is 0 Å². The monoisotopic (exact) mass is 252 g/mol. The van der Waals surface area contributed by atoms with Crippen LogP contribution >= 0.6 is 0 Å². The average molecular weight is 252 g/mol.